The number of carbonyl (C=O) groups is 5. The molecule has 0 aromatic carbocycles. The molecule has 0 amide bonds. The molecule has 14 nitrogen and oxygen atoms in total. The van der Waals surface area contributed by atoms with E-state index in [0.717, 1.165) is 0 Å². The second-order valence-corrected chi connectivity index (χ2v) is 17.5. The van der Waals surface area contributed by atoms with Crippen LogP contribution in [0.4, 0.5) is 0 Å². The number of carbonyl (C=O) groups excluding carboxylic acids is 5. The SMILES string of the molecule is CO[C@H]1C(=O)[C@H]2C[C@@]3(O)C[C@@H]3[C@H](OC(C)=O)[C@]2(C)[C@H]2[C@H](OC(C)=O)[C@H](OC(C)=O)[C@@]3(C)[C@@H]([C@@H](O)[C@@H]4[C@@H]3[C@H](C)[C@H]3O[C@]35OC(=O)[C@@](C)(O)[C@]45C)[C@@H]21. The van der Waals surface area contributed by atoms with Crippen molar-refractivity contribution in [2.24, 2.45) is 63.6 Å². The van der Waals surface area contributed by atoms with Crippen molar-refractivity contribution in [3.05, 3.63) is 0 Å². The van der Waals surface area contributed by atoms with E-state index < -0.39 is 141 Å². The Morgan fingerprint density at radius 1 is 0.820 bits per heavy atom. The zero-order valence-corrected chi connectivity index (χ0v) is 29.8. The van der Waals surface area contributed by atoms with Gasteiger partial charge in [0.05, 0.1) is 17.1 Å². The fourth-order valence-electron chi connectivity index (χ4n) is 13.6. The van der Waals surface area contributed by atoms with Crippen LogP contribution in [0, 0.1) is 63.6 Å². The van der Waals surface area contributed by atoms with E-state index in [1.807, 2.05) is 13.8 Å². The van der Waals surface area contributed by atoms with E-state index in [0.29, 0.717) is 6.42 Å². The molecule has 14 heteroatoms. The van der Waals surface area contributed by atoms with Crippen molar-refractivity contribution >= 4 is 29.7 Å². The Morgan fingerprint density at radius 2 is 1.42 bits per heavy atom. The van der Waals surface area contributed by atoms with Gasteiger partial charge in [0.2, 0.25) is 5.79 Å². The van der Waals surface area contributed by atoms with E-state index >= 15 is 0 Å². The zero-order valence-electron chi connectivity index (χ0n) is 29.8. The molecule has 50 heavy (non-hydrogen) atoms. The first-order valence-electron chi connectivity index (χ1n) is 17.7. The van der Waals surface area contributed by atoms with E-state index in [-0.39, 0.29) is 12.2 Å². The Bertz CT molecular complexity index is 1610. The van der Waals surface area contributed by atoms with Gasteiger partial charge in [-0.2, -0.15) is 0 Å². The molecule has 8 rings (SSSR count). The molecule has 276 valence electrons. The number of methoxy groups -OCH3 is 1. The summed E-state index contributed by atoms with van der Waals surface area (Å²) < 4.78 is 36.6. The molecular weight excluding hydrogens is 656 g/mol. The third-order valence-corrected chi connectivity index (χ3v) is 15.6. The van der Waals surface area contributed by atoms with Crippen LogP contribution in [0.2, 0.25) is 0 Å². The third kappa shape index (κ3) is 3.60. The minimum atomic E-state index is -2.10. The second-order valence-electron chi connectivity index (χ2n) is 17.5. The van der Waals surface area contributed by atoms with Gasteiger partial charge in [-0.05, 0) is 38.5 Å². The lowest BCUT2D eigenvalue weighted by Crippen LogP contribution is -2.75. The number of ketones is 1. The van der Waals surface area contributed by atoms with Crippen LogP contribution in [0.25, 0.3) is 0 Å². The van der Waals surface area contributed by atoms with Crippen LogP contribution in [0.15, 0.2) is 0 Å². The molecule has 6 saturated carbocycles. The van der Waals surface area contributed by atoms with Crippen LogP contribution < -0.4 is 0 Å². The summed E-state index contributed by atoms with van der Waals surface area (Å²) in [6, 6.07) is 0. The van der Waals surface area contributed by atoms with E-state index in [1.54, 1.807) is 13.8 Å². The van der Waals surface area contributed by atoms with Gasteiger partial charge in [0, 0.05) is 74.2 Å². The largest absolute Gasteiger partial charge is 0.462 e. The minimum Gasteiger partial charge on any atom is -0.462 e. The number of rotatable bonds is 4. The fraction of sp³-hybridized carbons (Fsp3) is 0.861. The molecule has 8 aliphatic rings. The maximum absolute atomic E-state index is 14.8. The van der Waals surface area contributed by atoms with Gasteiger partial charge in [0.25, 0.3) is 0 Å². The van der Waals surface area contributed by atoms with Crippen LogP contribution in [0.1, 0.15) is 68.2 Å². The predicted molar refractivity (Wildman–Crippen MR) is 165 cm³/mol. The molecule has 2 aliphatic heterocycles. The van der Waals surface area contributed by atoms with Crippen molar-refractivity contribution in [1.29, 1.82) is 0 Å². The van der Waals surface area contributed by atoms with Crippen LogP contribution in [-0.2, 0) is 52.4 Å². The first-order chi connectivity index (χ1) is 23.1. The molecular formula is C36H48O14. The highest BCUT2D eigenvalue weighted by atomic mass is 16.8. The highest BCUT2D eigenvalue weighted by Crippen LogP contribution is 2.81. The molecule has 0 unspecified atom stereocenters. The molecule has 0 aromatic heterocycles. The second kappa shape index (κ2) is 9.85. The number of epoxide rings is 1. The van der Waals surface area contributed by atoms with Crippen molar-refractivity contribution in [3.8, 4) is 0 Å². The lowest BCUT2D eigenvalue weighted by atomic mass is 9.40. The number of esters is 4. The van der Waals surface area contributed by atoms with Crippen LogP contribution in [0.3, 0.4) is 0 Å². The monoisotopic (exact) mass is 704 g/mol. The first-order valence-corrected chi connectivity index (χ1v) is 17.7. The van der Waals surface area contributed by atoms with Crippen LogP contribution in [0.5, 0.6) is 0 Å². The van der Waals surface area contributed by atoms with Gasteiger partial charge >= 0.3 is 23.9 Å². The average molecular weight is 705 g/mol. The first kappa shape index (κ1) is 34.4. The van der Waals surface area contributed by atoms with E-state index in [2.05, 4.69) is 0 Å². The molecule has 8 fully saturated rings. The average Bonchev–Trinajstić information content (AvgIpc) is 3.88. The molecule has 6 aliphatic carbocycles. The van der Waals surface area contributed by atoms with Gasteiger partial charge < -0.3 is 43.7 Å². The van der Waals surface area contributed by atoms with Crippen LogP contribution >= 0.6 is 0 Å². The summed E-state index contributed by atoms with van der Waals surface area (Å²) >= 11 is 0. The molecule has 20 atom stereocenters. The summed E-state index contributed by atoms with van der Waals surface area (Å²) in [5, 5.41) is 36.4. The fourth-order valence-corrected chi connectivity index (χ4v) is 13.6. The number of hydrogen-bond donors (Lipinski definition) is 3. The van der Waals surface area contributed by atoms with Gasteiger partial charge in [0.15, 0.2) is 11.4 Å². The Morgan fingerprint density at radius 3 is 2.00 bits per heavy atom. The van der Waals surface area contributed by atoms with Crippen molar-refractivity contribution in [3.63, 3.8) is 0 Å². The maximum Gasteiger partial charge on any atom is 0.341 e. The lowest BCUT2D eigenvalue weighted by Gasteiger charge is -2.66. The van der Waals surface area contributed by atoms with Gasteiger partial charge in [0.1, 0.15) is 30.5 Å². The highest BCUT2D eigenvalue weighted by Gasteiger charge is 2.93. The predicted octanol–water partition coefficient (Wildman–Crippen LogP) is 0.691. The number of hydrogen-bond acceptors (Lipinski definition) is 14. The Balaban J connectivity index is 1.40. The van der Waals surface area contributed by atoms with E-state index in [9.17, 15) is 39.3 Å². The molecule has 2 heterocycles. The molecule has 3 N–H and O–H groups in total. The van der Waals surface area contributed by atoms with Crippen molar-refractivity contribution < 1.29 is 67.7 Å². The topological polar surface area (TPSA) is 205 Å². The molecule has 0 bridgehead atoms. The number of aliphatic hydroxyl groups is 3. The summed E-state index contributed by atoms with van der Waals surface area (Å²) in [5.41, 5.74) is -7.37. The summed E-state index contributed by atoms with van der Waals surface area (Å²) in [7, 11) is 1.39. The summed E-state index contributed by atoms with van der Waals surface area (Å²) in [5.74, 6) is -10.7. The Labute approximate surface area is 289 Å². The quantitative estimate of drug-likeness (QED) is 0.209. The normalized spacial score (nSPS) is 59.2. The number of fused-ring (bicyclic) bond motifs is 9. The number of Topliss-reactive ketones (excluding diaryl/α,β-unsaturated/α-hetero) is 1. The van der Waals surface area contributed by atoms with Crippen LogP contribution in [-0.4, -0.2) is 106 Å². The number of aliphatic hydroxyl groups excluding tert-OH is 1. The zero-order chi connectivity index (χ0) is 36.6. The van der Waals surface area contributed by atoms with E-state index in [1.165, 1.54) is 34.8 Å². The lowest BCUT2D eigenvalue weighted by molar-refractivity contribution is -0.280. The molecule has 2 saturated heterocycles. The van der Waals surface area contributed by atoms with E-state index in [4.69, 9.17) is 28.4 Å². The minimum absolute atomic E-state index is 0.0631. The number of ether oxygens (including phenoxy) is 6. The van der Waals surface area contributed by atoms with Crippen molar-refractivity contribution in [2.75, 3.05) is 7.11 Å². The third-order valence-electron chi connectivity index (χ3n) is 15.6. The Kier molecular flexibility index (Phi) is 6.79. The maximum atomic E-state index is 14.8. The van der Waals surface area contributed by atoms with Gasteiger partial charge in [-0.25, -0.2) is 4.79 Å². The van der Waals surface area contributed by atoms with Crippen molar-refractivity contribution in [2.45, 2.75) is 122 Å². The van der Waals surface area contributed by atoms with Crippen molar-refractivity contribution in [1.82, 2.24) is 0 Å². The summed E-state index contributed by atoms with van der Waals surface area (Å²) in [6.07, 6.45) is -6.23. The van der Waals surface area contributed by atoms with Gasteiger partial charge in [-0.15, -0.1) is 0 Å². The molecule has 0 radical (unpaired) electrons. The van der Waals surface area contributed by atoms with Gasteiger partial charge in [-0.3, -0.25) is 19.2 Å². The standard InChI is InChI=1S/C36H48O14/c1-12-19-22(33(7)34(8,43)30(42)50-36(33)27(12)49-36)24(41)20-18-21(26(46-13(2)37)29(32(19,20)6)48-15(4)39)31(5)16(23(40)25(18)45-9)10-35(44)11-17(35)28(31)47-14(3)38/h12,16-22,24-29,41,43-44H,10-11H2,1-9H3/t12-,16+,17+,18-,19-,20+,21+,22-,24+,25+,26-,27+,28-,29-,31-,32+,33-,34+,35+,36-/m0/s1. The highest BCUT2D eigenvalue weighted by molar-refractivity contribution is 5.89. The summed E-state index contributed by atoms with van der Waals surface area (Å²) in [6.45, 7) is 12.3. The van der Waals surface area contributed by atoms with Gasteiger partial charge in [-0.1, -0.05) is 20.8 Å². The smallest absolute Gasteiger partial charge is 0.341 e. The molecule has 0 aromatic rings. The summed E-state index contributed by atoms with van der Waals surface area (Å²) in [4.78, 5) is 67.1. The molecule has 1 spiro atoms. The Hall–Kier alpha value is -2.65.